The van der Waals surface area contributed by atoms with Gasteiger partial charge in [-0.1, -0.05) is 12.1 Å². The molecule has 1 aromatic carbocycles. The monoisotopic (exact) mass is 320 g/mol. The Balaban J connectivity index is 1.96. The first-order chi connectivity index (χ1) is 11.2. The fourth-order valence-electron chi connectivity index (χ4n) is 2.54. The maximum atomic E-state index is 12.6. The summed E-state index contributed by atoms with van der Waals surface area (Å²) < 4.78 is 10.0. The predicted octanol–water partition coefficient (Wildman–Crippen LogP) is 1.91. The molecule has 1 aliphatic rings. The molecular formula is C17H24N2O4. The Kier molecular flexibility index (Phi) is 7.03. The van der Waals surface area contributed by atoms with Crippen LogP contribution < -0.4 is 5.32 Å². The van der Waals surface area contributed by atoms with Crippen molar-refractivity contribution >= 4 is 17.5 Å². The highest BCUT2D eigenvalue weighted by atomic mass is 16.5. The molecule has 1 aliphatic heterocycles. The van der Waals surface area contributed by atoms with E-state index in [2.05, 4.69) is 5.32 Å². The number of nitrogens with zero attached hydrogens (tertiary/aromatic N) is 1. The minimum atomic E-state index is -0.278. The van der Waals surface area contributed by atoms with Crippen molar-refractivity contribution in [3.05, 3.63) is 29.8 Å². The lowest BCUT2D eigenvalue weighted by atomic mass is 10.1. The molecule has 0 radical (unpaired) electrons. The number of rotatable bonds is 7. The summed E-state index contributed by atoms with van der Waals surface area (Å²) in [6.07, 6.45) is 3.24. The van der Waals surface area contributed by atoms with Crippen molar-refractivity contribution in [2.75, 3.05) is 45.3 Å². The van der Waals surface area contributed by atoms with Crippen molar-refractivity contribution in [2.45, 2.75) is 19.3 Å². The second-order valence-electron chi connectivity index (χ2n) is 5.49. The number of nitrogens with one attached hydrogen (secondary N) is 1. The van der Waals surface area contributed by atoms with Crippen molar-refractivity contribution in [3.63, 3.8) is 0 Å². The standard InChI is InChI=1S/C17H24N2O4/c1-22-11-12-23-13-16(20)18-15-8-4-3-7-14(15)17(21)19-9-5-2-6-10-19/h3-4,7-8H,2,5-6,9-13H2,1H3,(H,18,20). The number of methoxy groups -OCH3 is 1. The average Bonchev–Trinajstić information content (AvgIpc) is 2.59. The third-order valence-electron chi connectivity index (χ3n) is 3.74. The van der Waals surface area contributed by atoms with E-state index in [1.165, 1.54) is 6.42 Å². The van der Waals surface area contributed by atoms with Crippen LogP contribution in [-0.2, 0) is 14.3 Å². The molecule has 0 aromatic heterocycles. The fourth-order valence-corrected chi connectivity index (χ4v) is 2.54. The quantitative estimate of drug-likeness (QED) is 0.779. The van der Waals surface area contributed by atoms with Gasteiger partial charge in [-0.05, 0) is 31.4 Å². The summed E-state index contributed by atoms with van der Waals surface area (Å²) in [5.41, 5.74) is 1.06. The molecule has 1 N–H and O–H groups in total. The normalized spacial score (nSPS) is 14.6. The zero-order valence-electron chi connectivity index (χ0n) is 13.5. The van der Waals surface area contributed by atoms with Crippen LogP contribution in [-0.4, -0.2) is 56.7 Å². The Morgan fingerprint density at radius 2 is 1.87 bits per heavy atom. The summed E-state index contributed by atoms with van der Waals surface area (Å²) in [7, 11) is 1.58. The average molecular weight is 320 g/mol. The van der Waals surface area contributed by atoms with Gasteiger partial charge in [-0.15, -0.1) is 0 Å². The van der Waals surface area contributed by atoms with Crippen LogP contribution in [0.1, 0.15) is 29.6 Å². The molecule has 0 unspecified atom stereocenters. The van der Waals surface area contributed by atoms with Gasteiger partial charge in [0.1, 0.15) is 6.61 Å². The summed E-state index contributed by atoms with van der Waals surface area (Å²) in [5.74, 6) is -0.305. The minimum Gasteiger partial charge on any atom is -0.382 e. The van der Waals surface area contributed by atoms with E-state index in [1.54, 1.807) is 25.3 Å². The Morgan fingerprint density at radius 3 is 2.61 bits per heavy atom. The maximum Gasteiger partial charge on any atom is 0.255 e. The highest BCUT2D eigenvalue weighted by Crippen LogP contribution is 2.20. The molecule has 1 aromatic rings. The van der Waals surface area contributed by atoms with Gasteiger partial charge in [0.2, 0.25) is 5.91 Å². The summed E-state index contributed by atoms with van der Waals surface area (Å²) in [5, 5.41) is 2.76. The first kappa shape index (κ1) is 17.4. The third kappa shape index (κ3) is 5.33. The van der Waals surface area contributed by atoms with Gasteiger partial charge in [0.15, 0.2) is 0 Å². The largest absolute Gasteiger partial charge is 0.382 e. The molecule has 6 heteroatoms. The lowest BCUT2D eigenvalue weighted by molar-refractivity contribution is -0.121. The van der Waals surface area contributed by atoms with Crippen molar-refractivity contribution in [1.29, 1.82) is 0 Å². The molecule has 0 atom stereocenters. The number of piperidine rings is 1. The van der Waals surface area contributed by atoms with Gasteiger partial charge in [0.05, 0.1) is 24.5 Å². The molecule has 1 fully saturated rings. The second-order valence-corrected chi connectivity index (χ2v) is 5.49. The molecule has 2 amide bonds. The summed E-state index contributed by atoms with van der Waals surface area (Å²) >= 11 is 0. The van der Waals surface area contributed by atoms with E-state index in [-0.39, 0.29) is 18.4 Å². The Morgan fingerprint density at radius 1 is 1.13 bits per heavy atom. The molecule has 0 spiro atoms. The number of ether oxygens (including phenoxy) is 2. The lowest BCUT2D eigenvalue weighted by Crippen LogP contribution is -2.36. The van der Waals surface area contributed by atoms with Crippen LogP contribution in [0.2, 0.25) is 0 Å². The van der Waals surface area contributed by atoms with Crippen LogP contribution in [0.5, 0.6) is 0 Å². The van der Waals surface area contributed by atoms with E-state index >= 15 is 0 Å². The van der Waals surface area contributed by atoms with Crippen LogP contribution in [0.25, 0.3) is 0 Å². The predicted molar refractivity (Wildman–Crippen MR) is 87.5 cm³/mol. The summed E-state index contributed by atoms with van der Waals surface area (Å²) in [6.45, 7) is 2.30. The number of para-hydroxylation sites is 1. The first-order valence-corrected chi connectivity index (χ1v) is 7.97. The molecule has 1 heterocycles. The van der Waals surface area contributed by atoms with E-state index < -0.39 is 0 Å². The van der Waals surface area contributed by atoms with Gasteiger partial charge in [0, 0.05) is 20.2 Å². The number of likely N-dealkylation sites (tertiary alicyclic amines) is 1. The molecule has 2 rings (SSSR count). The van der Waals surface area contributed by atoms with E-state index in [4.69, 9.17) is 9.47 Å². The highest BCUT2D eigenvalue weighted by molar-refractivity contribution is 6.04. The molecule has 23 heavy (non-hydrogen) atoms. The second kappa shape index (κ2) is 9.27. The summed E-state index contributed by atoms with van der Waals surface area (Å²) in [6, 6.07) is 7.10. The van der Waals surface area contributed by atoms with Gasteiger partial charge in [0.25, 0.3) is 5.91 Å². The van der Waals surface area contributed by atoms with Crippen LogP contribution in [0.3, 0.4) is 0 Å². The number of anilines is 1. The lowest BCUT2D eigenvalue weighted by Gasteiger charge is -2.27. The molecule has 126 valence electrons. The van der Waals surface area contributed by atoms with Gasteiger partial charge in [-0.25, -0.2) is 0 Å². The smallest absolute Gasteiger partial charge is 0.255 e. The topological polar surface area (TPSA) is 67.9 Å². The van der Waals surface area contributed by atoms with Gasteiger partial charge < -0.3 is 19.7 Å². The number of amides is 2. The van der Waals surface area contributed by atoms with Crippen molar-refractivity contribution < 1.29 is 19.1 Å². The van der Waals surface area contributed by atoms with Crippen LogP contribution in [0, 0.1) is 0 Å². The van der Waals surface area contributed by atoms with Gasteiger partial charge in [-0.3, -0.25) is 9.59 Å². The van der Waals surface area contributed by atoms with Gasteiger partial charge >= 0.3 is 0 Å². The first-order valence-electron chi connectivity index (χ1n) is 7.97. The van der Waals surface area contributed by atoms with Gasteiger partial charge in [-0.2, -0.15) is 0 Å². The Labute approximate surface area is 136 Å². The molecule has 1 saturated heterocycles. The number of hydrogen-bond acceptors (Lipinski definition) is 4. The Hall–Kier alpha value is -1.92. The number of carbonyl (C=O) groups excluding carboxylic acids is 2. The van der Waals surface area contributed by atoms with Crippen LogP contribution in [0.15, 0.2) is 24.3 Å². The highest BCUT2D eigenvalue weighted by Gasteiger charge is 2.21. The molecule has 0 saturated carbocycles. The van der Waals surface area contributed by atoms with E-state index in [0.29, 0.717) is 24.5 Å². The van der Waals surface area contributed by atoms with Crippen LogP contribution in [0.4, 0.5) is 5.69 Å². The van der Waals surface area contributed by atoms with Crippen molar-refractivity contribution in [2.24, 2.45) is 0 Å². The molecule has 0 aliphatic carbocycles. The van der Waals surface area contributed by atoms with Crippen molar-refractivity contribution in [3.8, 4) is 0 Å². The number of carbonyl (C=O) groups is 2. The molecule has 6 nitrogen and oxygen atoms in total. The fraction of sp³-hybridized carbons (Fsp3) is 0.529. The number of benzene rings is 1. The van der Waals surface area contributed by atoms with E-state index in [0.717, 1.165) is 25.9 Å². The van der Waals surface area contributed by atoms with E-state index in [9.17, 15) is 9.59 Å². The zero-order chi connectivity index (χ0) is 16.5. The maximum absolute atomic E-state index is 12.6. The zero-order valence-corrected chi connectivity index (χ0v) is 13.5. The van der Waals surface area contributed by atoms with E-state index in [1.807, 2.05) is 11.0 Å². The summed E-state index contributed by atoms with van der Waals surface area (Å²) in [4.78, 5) is 26.4. The molecular weight excluding hydrogens is 296 g/mol. The van der Waals surface area contributed by atoms with Crippen molar-refractivity contribution in [1.82, 2.24) is 4.90 Å². The Bertz CT molecular complexity index is 527. The molecule has 0 bridgehead atoms. The van der Waals surface area contributed by atoms with Crippen LogP contribution >= 0.6 is 0 Å². The number of hydrogen-bond donors (Lipinski definition) is 1. The third-order valence-corrected chi connectivity index (χ3v) is 3.74. The minimum absolute atomic E-state index is 0.0269. The SMILES string of the molecule is COCCOCC(=O)Nc1ccccc1C(=O)N1CCCCC1.